The van der Waals surface area contributed by atoms with Crippen LogP contribution in [0.25, 0.3) is 0 Å². The van der Waals surface area contributed by atoms with E-state index in [-0.39, 0.29) is 17.3 Å². The van der Waals surface area contributed by atoms with Gasteiger partial charge in [-0.2, -0.15) is 0 Å². The molecular formula is C27H28FN3O2. The summed E-state index contributed by atoms with van der Waals surface area (Å²) < 4.78 is 15.1. The zero-order valence-electron chi connectivity index (χ0n) is 18.7. The van der Waals surface area contributed by atoms with Crippen molar-refractivity contribution in [1.29, 1.82) is 0 Å². The molecule has 33 heavy (non-hydrogen) atoms. The predicted octanol–water partition coefficient (Wildman–Crippen LogP) is 5.37. The molecule has 1 heterocycles. The summed E-state index contributed by atoms with van der Waals surface area (Å²) in [5.41, 5.74) is 1.77. The van der Waals surface area contributed by atoms with Crippen molar-refractivity contribution >= 4 is 17.5 Å². The lowest BCUT2D eigenvalue weighted by Crippen LogP contribution is -2.47. The van der Waals surface area contributed by atoms with Crippen LogP contribution in [-0.4, -0.2) is 22.8 Å². The second-order valence-electron chi connectivity index (χ2n) is 8.50. The third-order valence-electron chi connectivity index (χ3n) is 6.04. The Morgan fingerprint density at radius 3 is 2.45 bits per heavy atom. The lowest BCUT2D eigenvalue weighted by Gasteiger charge is -2.33. The molecule has 2 aromatic carbocycles. The van der Waals surface area contributed by atoms with E-state index >= 15 is 4.39 Å². The van der Waals surface area contributed by atoms with Crippen molar-refractivity contribution in [3.05, 3.63) is 95.6 Å². The molecule has 5 nitrogen and oxygen atoms in total. The molecule has 1 fully saturated rings. The van der Waals surface area contributed by atoms with Gasteiger partial charge in [-0.3, -0.25) is 19.5 Å². The zero-order chi connectivity index (χ0) is 23.2. The number of anilines is 1. The molecule has 0 bridgehead atoms. The van der Waals surface area contributed by atoms with Gasteiger partial charge in [0.15, 0.2) is 0 Å². The number of amides is 2. The van der Waals surface area contributed by atoms with Gasteiger partial charge in [-0.25, -0.2) is 4.39 Å². The van der Waals surface area contributed by atoms with Crippen molar-refractivity contribution < 1.29 is 14.0 Å². The number of carbonyl (C=O) groups is 2. The molecule has 0 aliphatic heterocycles. The molecule has 170 valence electrons. The van der Waals surface area contributed by atoms with Crippen LogP contribution in [-0.2, 0) is 4.79 Å². The summed E-state index contributed by atoms with van der Waals surface area (Å²) in [6.07, 6.45) is 6.54. The topological polar surface area (TPSA) is 62.3 Å². The molecule has 0 spiro atoms. The normalized spacial score (nSPS) is 15.0. The van der Waals surface area contributed by atoms with E-state index in [2.05, 4.69) is 10.3 Å². The van der Waals surface area contributed by atoms with E-state index in [1.165, 1.54) is 17.2 Å². The van der Waals surface area contributed by atoms with Gasteiger partial charge in [0.1, 0.15) is 17.6 Å². The molecule has 4 rings (SSSR count). The average Bonchev–Trinajstić information content (AvgIpc) is 2.84. The molecule has 1 aliphatic rings. The summed E-state index contributed by atoms with van der Waals surface area (Å²) in [6.45, 7) is 1.91. The molecule has 1 aromatic heterocycles. The molecule has 1 atom stereocenters. The van der Waals surface area contributed by atoms with Gasteiger partial charge in [0.05, 0.1) is 0 Å². The molecule has 1 aliphatic carbocycles. The third-order valence-corrected chi connectivity index (χ3v) is 6.04. The average molecular weight is 446 g/mol. The van der Waals surface area contributed by atoms with Gasteiger partial charge in [-0.15, -0.1) is 0 Å². The van der Waals surface area contributed by atoms with Crippen molar-refractivity contribution in [2.75, 3.05) is 4.90 Å². The number of aromatic nitrogens is 1. The molecule has 6 heteroatoms. The predicted molar refractivity (Wildman–Crippen MR) is 126 cm³/mol. The van der Waals surface area contributed by atoms with Crippen molar-refractivity contribution in [1.82, 2.24) is 10.3 Å². The summed E-state index contributed by atoms with van der Waals surface area (Å²) in [5, 5.41) is 3.10. The first-order valence-corrected chi connectivity index (χ1v) is 11.4. The minimum atomic E-state index is -1.18. The van der Waals surface area contributed by atoms with Crippen LogP contribution in [0.2, 0.25) is 0 Å². The van der Waals surface area contributed by atoms with E-state index < -0.39 is 23.7 Å². The number of rotatable bonds is 6. The van der Waals surface area contributed by atoms with Crippen molar-refractivity contribution in [3.8, 4) is 0 Å². The van der Waals surface area contributed by atoms with E-state index in [0.29, 0.717) is 5.69 Å². The highest BCUT2D eigenvalue weighted by molar-refractivity contribution is 6.09. The Morgan fingerprint density at radius 2 is 1.76 bits per heavy atom. The molecule has 1 N–H and O–H groups in total. The largest absolute Gasteiger partial charge is 0.351 e. The zero-order valence-corrected chi connectivity index (χ0v) is 18.7. The number of carbonyl (C=O) groups excluding carboxylic acids is 2. The summed E-state index contributed by atoms with van der Waals surface area (Å²) in [7, 11) is 0. The summed E-state index contributed by atoms with van der Waals surface area (Å²) in [6, 6.07) is 17.3. The maximum atomic E-state index is 15.1. The minimum Gasteiger partial charge on any atom is -0.351 e. The fourth-order valence-electron chi connectivity index (χ4n) is 4.40. The fraction of sp³-hybridized carbons (Fsp3) is 0.296. The van der Waals surface area contributed by atoms with Gasteiger partial charge in [-0.05, 0) is 55.7 Å². The van der Waals surface area contributed by atoms with Gasteiger partial charge < -0.3 is 5.32 Å². The summed E-state index contributed by atoms with van der Waals surface area (Å²) >= 11 is 0. The highest BCUT2D eigenvalue weighted by Crippen LogP contribution is 2.32. The Bertz CT molecular complexity index is 1110. The first-order chi connectivity index (χ1) is 16.0. The monoisotopic (exact) mass is 445 g/mol. The lowest BCUT2D eigenvalue weighted by atomic mass is 9.94. The second-order valence-corrected chi connectivity index (χ2v) is 8.50. The van der Waals surface area contributed by atoms with Gasteiger partial charge in [0.2, 0.25) is 5.91 Å². The maximum Gasteiger partial charge on any atom is 0.277 e. The van der Waals surface area contributed by atoms with Gasteiger partial charge in [-0.1, -0.05) is 55.7 Å². The van der Waals surface area contributed by atoms with Crippen LogP contribution in [0, 0.1) is 12.7 Å². The fourth-order valence-corrected chi connectivity index (χ4v) is 4.40. The Kier molecular flexibility index (Phi) is 7.13. The van der Waals surface area contributed by atoms with Crippen LogP contribution in [0.5, 0.6) is 0 Å². The highest BCUT2D eigenvalue weighted by Gasteiger charge is 2.36. The number of pyridine rings is 1. The molecule has 1 saturated carbocycles. The van der Waals surface area contributed by atoms with Gasteiger partial charge in [0.25, 0.3) is 5.91 Å². The summed E-state index contributed by atoms with van der Waals surface area (Å²) in [4.78, 5) is 33.0. The van der Waals surface area contributed by atoms with E-state index in [9.17, 15) is 9.59 Å². The Labute approximate surface area is 193 Å². The van der Waals surface area contributed by atoms with Crippen molar-refractivity contribution in [3.63, 3.8) is 0 Å². The Morgan fingerprint density at radius 1 is 1.00 bits per heavy atom. The third kappa shape index (κ3) is 5.28. The van der Waals surface area contributed by atoms with Crippen LogP contribution in [0.3, 0.4) is 0 Å². The molecule has 0 saturated heterocycles. The maximum absolute atomic E-state index is 15.1. The SMILES string of the molecule is Cc1cccc(N(C(=O)c2ccccn2)C(C(=O)NC2CCCCC2)c2ccccc2F)c1. The number of hydrogen-bond acceptors (Lipinski definition) is 3. The molecule has 1 unspecified atom stereocenters. The minimum absolute atomic E-state index is 0.0184. The Balaban J connectivity index is 1.82. The summed E-state index contributed by atoms with van der Waals surface area (Å²) in [5.74, 6) is -1.39. The number of benzene rings is 2. The van der Waals surface area contributed by atoms with Crippen LogP contribution in [0.4, 0.5) is 10.1 Å². The van der Waals surface area contributed by atoms with Crippen molar-refractivity contribution in [2.45, 2.75) is 51.1 Å². The van der Waals surface area contributed by atoms with Crippen LogP contribution in [0.1, 0.15) is 59.8 Å². The quantitative estimate of drug-likeness (QED) is 0.555. The van der Waals surface area contributed by atoms with Crippen molar-refractivity contribution in [2.24, 2.45) is 0 Å². The van der Waals surface area contributed by atoms with E-state index in [0.717, 1.165) is 37.7 Å². The highest BCUT2D eigenvalue weighted by atomic mass is 19.1. The first kappa shape index (κ1) is 22.6. The lowest BCUT2D eigenvalue weighted by molar-refractivity contribution is -0.123. The second kappa shape index (κ2) is 10.4. The first-order valence-electron chi connectivity index (χ1n) is 11.4. The molecule has 0 radical (unpaired) electrons. The van der Waals surface area contributed by atoms with Gasteiger partial charge in [0, 0.05) is 23.5 Å². The molecule has 2 amide bonds. The standard InChI is InChI=1S/C27H28FN3O2/c1-19-10-9-13-21(18-19)31(27(33)24-16-7-8-17-29-24)25(22-14-5-6-15-23(22)28)26(32)30-20-11-3-2-4-12-20/h5-10,13-18,20,25H,2-4,11-12H2,1H3,(H,30,32). The van der Waals surface area contributed by atoms with Crippen LogP contribution >= 0.6 is 0 Å². The van der Waals surface area contributed by atoms with Gasteiger partial charge >= 0.3 is 0 Å². The van der Waals surface area contributed by atoms with Crippen LogP contribution in [0.15, 0.2) is 72.9 Å². The smallest absolute Gasteiger partial charge is 0.277 e. The van der Waals surface area contributed by atoms with E-state index in [4.69, 9.17) is 0 Å². The number of hydrogen-bond donors (Lipinski definition) is 1. The number of nitrogens with zero attached hydrogens (tertiary/aromatic N) is 2. The molecule has 3 aromatic rings. The number of aryl methyl sites for hydroxylation is 1. The van der Waals surface area contributed by atoms with E-state index in [1.807, 2.05) is 25.1 Å². The van der Waals surface area contributed by atoms with E-state index in [1.54, 1.807) is 42.5 Å². The van der Waals surface area contributed by atoms with Crippen LogP contribution < -0.4 is 10.2 Å². The Hall–Kier alpha value is -3.54. The molecular weight excluding hydrogens is 417 g/mol. The number of nitrogens with one attached hydrogen (secondary N) is 1. The number of halogens is 1.